The minimum Gasteiger partial charge on any atom is -0.497 e. The van der Waals surface area contributed by atoms with E-state index in [1.807, 2.05) is 135 Å². The molecule has 4 unspecified atom stereocenters. The molecule has 8 aromatic carbocycles. The number of amides is 4. The highest BCUT2D eigenvalue weighted by Gasteiger charge is 2.44. The number of carbonyl (C=O) groups is 4. The molecule has 0 spiro atoms. The number of methoxy groups -OCH3 is 1. The van der Waals surface area contributed by atoms with E-state index in [-0.39, 0.29) is 29.4 Å². The molecule has 682 valence electrons. The van der Waals surface area contributed by atoms with Crippen molar-refractivity contribution in [2.75, 3.05) is 33.5 Å². The highest BCUT2D eigenvalue weighted by Crippen LogP contribution is 2.47. The van der Waals surface area contributed by atoms with Gasteiger partial charge in [-0.25, -0.2) is 19.9 Å². The number of carbonyl (C=O) groups excluding carboxylic acids is 4. The van der Waals surface area contributed by atoms with Crippen LogP contribution in [0.25, 0.3) is 44.6 Å². The van der Waals surface area contributed by atoms with Gasteiger partial charge in [0.25, 0.3) is 23.6 Å². The fourth-order valence-electron chi connectivity index (χ4n) is 16.5. The van der Waals surface area contributed by atoms with Crippen molar-refractivity contribution in [3.8, 4) is 34.5 Å². The van der Waals surface area contributed by atoms with Crippen molar-refractivity contribution in [3.63, 3.8) is 0 Å². The molecule has 131 heavy (non-hydrogen) atoms. The summed E-state index contributed by atoms with van der Waals surface area (Å²) in [5, 5.41) is 39.8. The molecule has 28 heteroatoms. The molecule has 26 nitrogen and oxygen atoms in total. The first kappa shape index (κ1) is 94.4. The normalized spacial score (nSPS) is 18.4. The quantitative estimate of drug-likeness (QED) is 0.0174. The Kier molecular flexibility index (Phi) is 31.9. The topological polar surface area (TPSA) is 338 Å². The van der Waals surface area contributed by atoms with E-state index >= 15 is 0 Å². The second-order valence-electron chi connectivity index (χ2n) is 33.9. The minimum absolute atomic E-state index is 0.0437. The van der Waals surface area contributed by atoms with Crippen molar-refractivity contribution in [1.82, 2.24) is 82.0 Å². The van der Waals surface area contributed by atoms with Gasteiger partial charge < -0.3 is 49.7 Å². The number of nitrogens with zero attached hydrogens (tertiary/aromatic N) is 8. The van der Waals surface area contributed by atoms with Gasteiger partial charge >= 0.3 is 6.61 Å². The fourth-order valence-corrected chi connectivity index (χ4v) is 16.5. The van der Waals surface area contributed by atoms with Crippen LogP contribution in [0.1, 0.15) is 231 Å². The summed E-state index contributed by atoms with van der Waals surface area (Å²) in [7, 11) is 1.63. The van der Waals surface area contributed by atoms with Crippen LogP contribution in [-0.4, -0.2) is 125 Å². The first-order valence-electron chi connectivity index (χ1n) is 44.9. The summed E-state index contributed by atoms with van der Waals surface area (Å²) in [6, 6.07) is 62.3. The molecule has 4 aliphatic heterocycles. The van der Waals surface area contributed by atoms with E-state index in [1.165, 1.54) is 80.7 Å². The van der Waals surface area contributed by atoms with Crippen molar-refractivity contribution in [2.45, 2.75) is 194 Å². The smallest absolute Gasteiger partial charge is 0.387 e. The maximum absolute atomic E-state index is 13.3. The van der Waals surface area contributed by atoms with Crippen molar-refractivity contribution >= 4 is 68.2 Å². The number of aromatic nitrogens is 12. The minimum atomic E-state index is -2.91. The molecule has 16 rings (SSSR count). The third-order valence-corrected chi connectivity index (χ3v) is 23.9. The van der Waals surface area contributed by atoms with Crippen molar-refractivity contribution in [1.29, 1.82) is 0 Å². The van der Waals surface area contributed by atoms with Gasteiger partial charge in [-0.1, -0.05) is 205 Å². The molecule has 0 aliphatic carbocycles. The van der Waals surface area contributed by atoms with Crippen LogP contribution in [0.3, 0.4) is 0 Å². The zero-order valence-electron chi connectivity index (χ0n) is 76.2. The van der Waals surface area contributed by atoms with Crippen molar-refractivity contribution in [2.24, 2.45) is 0 Å². The van der Waals surface area contributed by atoms with Crippen molar-refractivity contribution in [3.05, 3.63) is 298 Å². The average molecular weight is 1780 g/mol. The summed E-state index contributed by atoms with van der Waals surface area (Å²) in [6.45, 7) is 20.8. The van der Waals surface area contributed by atoms with E-state index < -0.39 is 28.8 Å². The van der Waals surface area contributed by atoms with Gasteiger partial charge in [0.05, 0.1) is 78.0 Å². The third kappa shape index (κ3) is 23.9. The monoisotopic (exact) mass is 1770 g/mol. The Morgan fingerprint density at radius 3 is 0.794 bits per heavy atom. The molecule has 12 aromatic rings. The first-order chi connectivity index (χ1) is 63.4. The summed E-state index contributed by atoms with van der Waals surface area (Å²) >= 11 is 0. The summed E-state index contributed by atoms with van der Waals surface area (Å²) in [5.41, 5.74) is 13.1. The van der Waals surface area contributed by atoms with Crippen LogP contribution in [0, 0.1) is 13.8 Å². The highest BCUT2D eigenvalue weighted by molar-refractivity contribution is 6.30. The lowest BCUT2D eigenvalue weighted by atomic mass is 9.78. The maximum Gasteiger partial charge on any atom is 0.387 e. The van der Waals surface area contributed by atoms with Gasteiger partial charge in [-0.3, -0.25) is 39.6 Å². The number of hydrogen-bond acceptors (Lipinski definition) is 18. The molecule has 4 aromatic heterocycles. The van der Waals surface area contributed by atoms with E-state index in [0.29, 0.717) is 90.1 Å². The molecule has 4 atom stereocenters. The maximum atomic E-state index is 13.3. The predicted molar refractivity (Wildman–Crippen MR) is 503 cm³/mol. The van der Waals surface area contributed by atoms with Crippen LogP contribution >= 0.6 is 0 Å². The number of halogens is 2. The highest BCUT2D eigenvalue weighted by atomic mass is 19.3. The summed E-state index contributed by atoms with van der Waals surface area (Å²) in [6.07, 6.45) is 20.2. The zero-order valence-corrected chi connectivity index (χ0v) is 76.2. The number of nitrogens with one attached hydrogen (secondary N) is 8. The Bertz CT molecular complexity index is 5880. The molecular weight excluding hydrogens is 1660 g/mol. The fraction of sp³-hybridized carbons (Fsp3) is 0.340. The molecule has 8 heterocycles. The summed E-state index contributed by atoms with van der Waals surface area (Å²) in [5.74, 6) is 5.06. The first-order valence-corrected chi connectivity index (χ1v) is 44.9. The van der Waals surface area contributed by atoms with Crippen LogP contribution in [0.2, 0.25) is 0 Å². The van der Waals surface area contributed by atoms with Crippen LogP contribution in [-0.2, 0) is 41.3 Å². The Morgan fingerprint density at radius 1 is 0.313 bits per heavy atom. The number of benzene rings is 8. The van der Waals surface area contributed by atoms with Gasteiger partial charge in [0.15, 0.2) is 23.3 Å². The second-order valence-corrected chi connectivity index (χ2v) is 33.9. The van der Waals surface area contributed by atoms with Crippen LogP contribution < -0.4 is 49.7 Å². The number of hydrogen-bond donors (Lipinski definition) is 8. The van der Waals surface area contributed by atoms with Gasteiger partial charge in [-0.15, -0.1) is 0 Å². The molecule has 4 aliphatic rings. The van der Waals surface area contributed by atoms with E-state index in [0.717, 1.165) is 142 Å². The average Bonchev–Trinajstić information content (AvgIpc) is 1.43. The summed E-state index contributed by atoms with van der Waals surface area (Å²) < 4.78 is 58.2. The lowest BCUT2D eigenvalue weighted by Crippen LogP contribution is -2.47. The van der Waals surface area contributed by atoms with Gasteiger partial charge in [-0.05, 0) is 207 Å². The van der Waals surface area contributed by atoms with Crippen LogP contribution in [0.4, 0.5) is 8.78 Å². The molecule has 0 saturated heterocycles. The van der Waals surface area contributed by atoms with Gasteiger partial charge in [-0.2, -0.15) is 29.2 Å². The Labute approximate surface area is 763 Å². The second kappa shape index (κ2) is 44.2. The zero-order chi connectivity index (χ0) is 92.5. The number of H-pyrrole nitrogens is 4. The molecule has 4 amide bonds. The SMILES string of the molecule is CCCCCCOc1ccc(C2(C)CC(c3ccc(C)cc3)=C(c3ncn[nH]3)C(=O)N2)cc1.CCCCCOc1ccc(C2(C)CC(c3ccc(C)cc3)=C(c3ncn[nH]3)C(=O)N2)cc1.CCCCOc1ccc(C2(C)CC(c3ccc(OC(F)F)cc3)=C(c3ncn[nH]3)C(=O)N2)cc1.CCCCOc1ccc(C2(C)CC(c3ccc(OC)cc3)=C(c3ncn[nH]3)C(=O)N2)cc1. The molecule has 0 saturated carbocycles. The number of alkyl halides is 2. The number of aromatic amines is 4. The van der Waals surface area contributed by atoms with E-state index in [9.17, 15) is 28.0 Å². The van der Waals surface area contributed by atoms with Crippen molar-refractivity contribution < 1.29 is 56.4 Å². The largest absolute Gasteiger partial charge is 0.497 e. The molecular formula is C103H116F2N16O10. The number of aryl methyl sites for hydroxylation is 2. The van der Waals surface area contributed by atoms with Gasteiger partial charge in [0.1, 0.15) is 59.8 Å². The number of rotatable bonds is 34. The molecule has 0 bridgehead atoms. The Morgan fingerprint density at radius 2 is 0.550 bits per heavy atom. The lowest BCUT2D eigenvalue weighted by Gasteiger charge is -2.37. The summed E-state index contributed by atoms with van der Waals surface area (Å²) in [4.78, 5) is 70.2. The number of ether oxygens (including phenoxy) is 6. The molecule has 8 N–H and O–H groups in total. The molecule has 0 radical (unpaired) electrons. The van der Waals surface area contributed by atoms with E-state index in [1.54, 1.807) is 19.2 Å². The predicted octanol–water partition coefficient (Wildman–Crippen LogP) is 19.7. The van der Waals surface area contributed by atoms with E-state index in [2.05, 4.69) is 191 Å². The molecule has 0 fully saturated rings. The Hall–Kier alpha value is -14.2. The van der Waals surface area contributed by atoms with Crippen LogP contribution in [0.15, 0.2) is 219 Å². The van der Waals surface area contributed by atoms with Crippen LogP contribution in [0.5, 0.6) is 34.5 Å². The van der Waals surface area contributed by atoms with Gasteiger partial charge in [0, 0.05) is 25.7 Å². The number of unbranched alkanes of at least 4 members (excludes halogenated alkanes) is 7. The Balaban J connectivity index is 0.000000149. The lowest BCUT2D eigenvalue weighted by molar-refractivity contribution is -0.118. The third-order valence-electron chi connectivity index (χ3n) is 23.9. The van der Waals surface area contributed by atoms with E-state index in [4.69, 9.17) is 23.7 Å². The standard InChI is InChI=1S/C27H32N4O2.C26H30N4O2.C25H26F2N4O3.C25H28N4O3/c1-4-5-6-7-16-33-22-14-12-21(13-15-22)27(3)17-23(20-10-8-19(2)9-11-20)24(26(32)30-27)25-28-18-29-31-25;1-4-5-6-15-32-21-13-11-20(12-14-21)26(3)16-22(19-9-7-18(2)8-10-19)23(25(31)29-26)24-27-17-28-30-24;1-3-4-13-33-18-11-7-17(8-12-18)25(2)14-20(16-5-9-19(10-6-16)34-24(26)27)21(23(32)30-25)22-28-15-29-31-22;1-4-5-14-32-20-12-8-18(9-13-20)25(2)15-21(17-6-10-19(31-3)11-7-17)22(24(30)28-25)23-26-16-27-29-23/h8-15,18H,4-7,16-17H2,1-3H3,(H,30,32)(H,28,29,31);7-14,17H,4-6,15-16H2,1-3H3,(H,29,31)(H,27,28,30);5-12,15,24H,3-4,13-14H2,1-2H3,(H,30,32)(H,28,29,31);6-13,16H,4-5,14-15H2,1-3H3,(H,28,30)(H,26,27,29). The van der Waals surface area contributed by atoms with Gasteiger partial charge in [0.2, 0.25) is 0 Å².